The lowest BCUT2D eigenvalue weighted by Gasteiger charge is -2.14. The Morgan fingerprint density at radius 1 is 1.11 bits per heavy atom. The third kappa shape index (κ3) is 7.00. The third-order valence-electron chi connectivity index (χ3n) is 3.72. The Labute approximate surface area is 160 Å². The van der Waals surface area contributed by atoms with Crippen molar-refractivity contribution >= 4 is 11.6 Å². The maximum Gasteiger partial charge on any atom is 0.259 e. The number of unbranched alkanes of at least 4 members (excludes halogenated alkanes) is 1. The highest BCUT2D eigenvalue weighted by atomic mass is 16.5. The van der Waals surface area contributed by atoms with Crippen LogP contribution in [0.25, 0.3) is 0 Å². The van der Waals surface area contributed by atoms with Crippen LogP contribution in [-0.4, -0.2) is 44.7 Å². The Hall–Kier alpha value is -3.04. The maximum atomic E-state index is 12.7. The van der Waals surface area contributed by atoms with Gasteiger partial charge in [-0.3, -0.25) is 4.79 Å². The molecule has 2 aromatic carbocycles. The first-order chi connectivity index (χ1) is 13.1. The Morgan fingerprint density at radius 3 is 2.70 bits per heavy atom. The number of ether oxygens (including phenoxy) is 2. The molecule has 2 rings (SSSR count). The van der Waals surface area contributed by atoms with Crippen LogP contribution in [0.4, 0.5) is 5.69 Å². The second-order valence-electron chi connectivity index (χ2n) is 6.24. The molecule has 0 atom stereocenters. The van der Waals surface area contributed by atoms with Crippen LogP contribution in [0.15, 0.2) is 48.5 Å². The topological polar surface area (TPSA) is 74.6 Å². The summed E-state index contributed by atoms with van der Waals surface area (Å²) in [4.78, 5) is 14.7. The van der Waals surface area contributed by atoms with Gasteiger partial charge < -0.3 is 19.7 Å². The molecular weight excluding hydrogens is 342 g/mol. The van der Waals surface area contributed by atoms with Crippen LogP contribution in [0.2, 0.25) is 0 Å². The van der Waals surface area contributed by atoms with E-state index < -0.39 is 0 Å². The fourth-order valence-corrected chi connectivity index (χ4v) is 2.32. The van der Waals surface area contributed by atoms with Gasteiger partial charge in [-0.15, -0.1) is 0 Å². The van der Waals surface area contributed by atoms with Crippen molar-refractivity contribution in [2.24, 2.45) is 0 Å². The number of para-hydroxylation sites is 1. The van der Waals surface area contributed by atoms with Crippen molar-refractivity contribution in [2.45, 2.75) is 12.8 Å². The first-order valence-corrected chi connectivity index (χ1v) is 8.88. The Kier molecular flexibility index (Phi) is 8.14. The van der Waals surface area contributed by atoms with Gasteiger partial charge >= 0.3 is 0 Å². The molecule has 1 amide bonds. The SMILES string of the molecule is CN(C)CCOc1ccccc1C(=O)Nc1cccc(OCCCC#N)c1. The van der Waals surface area contributed by atoms with E-state index in [2.05, 4.69) is 11.4 Å². The van der Waals surface area contributed by atoms with E-state index in [0.29, 0.717) is 48.8 Å². The normalized spacial score (nSPS) is 10.3. The molecule has 0 radical (unpaired) electrons. The zero-order valence-corrected chi connectivity index (χ0v) is 15.8. The lowest BCUT2D eigenvalue weighted by atomic mass is 10.2. The molecule has 0 aliphatic heterocycles. The van der Waals surface area contributed by atoms with Gasteiger partial charge in [0.25, 0.3) is 5.91 Å². The highest BCUT2D eigenvalue weighted by molar-refractivity contribution is 6.06. The van der Waals surface area contributed by atoms with Crippen LogP contribution in [0.5, 0.6) is 11.5 Å². The van der Waals surface area contributed by atoms with Gasteiger partial charge in [0.05, 0.1) is 18.2 Å². The van der Waals surface area contributed by atoms with E-state index in [4.69, 9.17) is 14.7 Å². The van der Waals surface area contributed by atoms with E-state index in [-0.39, 0.29) is 5.91 Å². The zero-order chi connectivity index (χ0) is 19.5. The largest absolute Gasteiger partial charge is 0.493 e. The monoisotopic (exact) mass is 367 g/mol. The standard InChI is InChI=1S/C21H25N3O3/c1-24(2)13-15-27-20-11-4-3-10-19(20)21(25)23-17-8-7-9-18(16-17)26-14-6-5-12-22/h3-4,7-11,16H,5-6,13-15H2,1-2H3,(H,23,25). The summed E-state index contributed by atoms with van der Waals surface area (Å²) in [6.45, 7) is 1.73. The number of benzene rings is 2. The van der Waals surface area contributed by atoms with E-state index in [1.807, 2.05) is 43.3 Å². The van der Waals surface area contributed by atoms with Gasteiger partial charge in [-0.05, 0) is 44.8 Å². The van der Waals surface area contributed by atoms with E-state index in [0.717, 1.165) is 6.54 Å². The summed E-state index contributed by atoms with van der Waals surface area (Å²) in [5.41, 5.74) is 1.12. The van der Waals surface area contributed by atoms with Gasteiger partial charge in [-0.25, -0.2) is 0 Å². The van der Waals surface area contributed by atoms with Gasteiger partial charge in [0, 0.05) is 24.7 Å². The predicted molar refractivity (Wildman–Crippen MR) is 105 cm³/mol. The summed E-state index contributed by atoms with van der Waals surface area (Å²) in [6, 6.07) is 16.5. The van der Waals surface area contributed by atoms with Crippen molar-refractivity contribution in [3.63, 3.8) is 0 Å². The fraction of sp³-hybridized carbons (Fsp3) is 0.333. The van der Waals surface area contributed by atoms with E-state index in [1.54, 1.807) is 24.3 Å². The number of carbonyl (C=O) groups is 1. The summed E-state index contributed by atoms with van der Waals surface area (Å²) in [5.74, 6) is 0.971. The lowest BCUT2D eigenvalue weighted by molar-refractivity contribution is 0.102. The molecule has 0 aliphatic rings. The third-order valence-corrected chi connectivity index (χ3v) is 3.72. The molecule has 6 heteroatoms. The number of likely N-dealkylation sites (N-methyl/N-ethyl adjacent to an activating group) is 1. The fourth-order valence-electron chi connectivity index (χ4n) is 2.32. The highest BCUT2D eigenvalue weighted by Crippen LogP contribution is 2.22. The first kappa shape index (κ1) is 20.3. The van der Waals surface area contributed by atoms with Crippen LogP contribution >= 0.6 is 0 Å². The molecular formula is C21H25N3O3. The number of rotatable bonds is 10. The van der Waals surface area contributed by atoms with Crippen molar-refractivity contribution in [1.82, 2.24) is 4.90 Å². The van der Waals surface area contributed by atoms with E-state index in [9.17, 15) is 4.79 Å². The van der Waals surface area contributed by atoms with Crippen molar-refractivity contribution in [1.29, 1.82) is 5.26 Å². The molecule has 2 aromatic rings. The molecule has 27 heavy (non-hydrogen) atoms. The molecule has 0 aromatic heterocycles. The summed E-state index contributed by atoms with van der Waals surface area (Å²) in [5, 5.41) is 11.4. The minimum atomic E-state index is -0.239. The number of amides is 1. The number of nitrogens with one attached hydrogen (secondary N) is 1. The molecule has 142 valence electrons. The number of carbonyl (C=O) groups excluding carboxylic acids is 1. The highest BCUT2D eigenvalue weighted by Gasteiger charge is 2.13. The lowest BCUT2D eigenvalue weighted by Crippen LogP contribution is -2.20. The average molecular weight is 367 g/mol. The summed E-state index contributed by atoms with van der Waals surface area (Å²) >= 11 is 0. The van der Waals surface area contributed by atoms with Gasteiger partial charge in [-0.2, -0.15) is 5.26 Å². The van der Waals surface area contributed by atoms with Gasteiger partial charge in [0.2, 0.25) is 0 Å². The minimum Gasteiger partial charge on any atom is -0.493 e. The molecule has 0 saturated heterocycles. The van der Waals surface area contributed by atoms with Crippen LogP contribution in [0, 0.1) is 11.3 Å². The molecule has 0 bridgehead atoms. The van der Waals surface area contributed by atoms with Crippen molar-refractivity contribution < 1.29 is 14.3 Å². The van der Waals surface area contributed by atoms with Gasteiger partial charge in [-0.1, -0.05) is 18.2 Å². The molecule has 1 N–H and O–H groups in total. The van der Waals surface area contributed by atoms with Crippen LogP contribution in [0.3, 0.4) is 0 Å². The number of nitriles is 1. The average Bonchev–Trinajstić information content (AvgIpc) is 2.66. The molecule has 0 saturated carbocycles. The zero-order valence-electron chi connectivity index (χ0n) is 15.8. The smallest absolute Gasteiger partial charge is 0.259 e. The van der Waals surface area contributed by atoms with Gasteiger partial charge in [0.1, 0.15) is 18.1 Å². The molecule has 0 aliphatic carbocycles. The van der Waals surface area contributed by atoms with Crippen molar-refractivity contribution in [3.05, 3.63) is 54.1 Å². The Bertz CT molecular complexity index is 784. The molecule has 0 unspecified atom stereocenters. The molecule has 6 nitrogen and oxygen atoms in total. The Balaban J connectivity index is 2.00. The molecule has 0 heterocycles. The van der Waals surface area contributed by atoms with Crippen LogP contribution in [-0.2, 0) is 0 Å². The number of hydrogen-bond donors (Lipinski definition) is 1. The van der Waals surface area contributed by atoms with Crippen molar-refractivity contribution in [3.8, 4) is 17.6 Å². The summed E-state index contributed by atoms with van der Waals surface area (Å²) < 4.78 is 11.4. The quantitative estimate of drug-likeness (QED) is 0.650. The number of hydrogen-bond acceptors (Lipinski definition) is 5. The predicted octanol–water partition coefficient (Wildman–Crippen LogP) is 3.56. The van der Waals surface area contributed by atoms with Crippen LogP contribution < -0.4 is 14.8 Å². The van der Waals surface area contributed by atoms with E-state index in [1.165, 1.54) is 0 Å². The molecule has 0 fully saturated rings. The van der Waals surface area contributed by atoms with Crippen LogP contribution in [0.1, 0.15) is 23.2 Å². The number of anilines is 1. The maximum absolute atomic E-state index is 12.7. The minimum absolute atomic E-state index is 0.239. The second kappa shape index (κ2) is 10.8. The number of nitrogens with zero attached hydrogens (tertiary/aromatic N) is 2. The summed E-state index contributed by atoms with van der Waals surface area (Å²) in [6.07, 6.45) is 1.13. The second-order valence-corrected chi connectivity index (χ2v) is 6.24. The first-order valence-electron chi connectivity index (χ1n) is 8.88. The molecule has 0 spiro atoms. The Morgan fingerprint density at radius 2 is 1.93 bits per heavy atom. The van der Waals surface area contributed by atoms with E-state index >= 15 is 0 Å². The van der Waals surface area contributed by atoms with Crippen molar-refractivity contribution in [2.75, 3.05) is 39.2 Å². The summed E-state index contributed by atoms with van der Waals surface area (Å²) in [7, 11) is 3.94. The van der Waals surface area contributed by atoms with Gasteiger partial charge in [0.15, 0.2) is 0 Å².